The van der Waals surface area contributed by atoms with Gasteiger partial charge in [-0.25, -0.2) is 0 Å². The first-order chi connectivity index (χ1) is 9.70. The average Bonchev–Trinajstić information content (AvgIpc) is 2.34. The second-order valence-corrected chi connectivity index (χ2v) is 10.1. The van der Waals surface area contributed by atoms with E-state index in [9.17, 15) is 43.5 Å². The highest BCUT2D eigenvalue weighted by Crippen LogP contribution is 2.29. The van der Waals surface area contributed by atoms with Crippen molar-refractivity contribution in [2.45, 2.75) is 15.6 Å². The van der Waals surface area contributed by atoms with Gasteiger partial charge in [-0.05, 0) is 14.6 Å². The standard InChI is InChI=1S/C9H5F8IO3S/c10-7(11,12)8(13,14)18(6-4-2-1-3-5-6)21-22(19,20)9(15,16)17/h1-5H/q+1. The van der Waals surface area contributed by atoms with Gasteiger partial charge in [-0.15, -0.1) is 8.78 Å². The zero-order chi connectivity index (χ0) is 17.4. The summed E-state index contributed by atoms with van der Waals surface area (Å²) in [7, 11) is -6.60. The van der Waals surface area contributed by atoms with Crippen LogP contribution in [-0.2, 0) is 12.6 Å². The van der Waals surface area contributed by atoms with E-state index in [0.29, 0.717) is 12.1 Å². The van der Waals surface area contributed by atoms with Crippen LogP contribution in [0.15, 0.2) is 30.3 Å². The summed E-state index contributed by atoms with van der Waals surface area (Å²) in [6, 6.07) is 4.43. The van der Waals surface area contributed by atoms with Gasteiger partial charge in [0.2, 0.25) is 0 Å². The number of halogens is 9. The van der Waals surface area contributed by atoms with Gasteiger partial charge in [0.05, 0.1) is 0 Å². The van der Waals surface area contributed by atoms with Crippen molar-refractivity contribution in [3.63, 3.8) is 0 Å². The van der Waals surface area contributed by atoms with Crippen LogP contribution in [0.5, 0.6) is 0 Å². The molecule has 0 saturated carbocycles. The van der Waals surface area contributed by atoms with Crippen molar-refractivity contribution >= 4 is 10.1 Å². The molecule has 0 aromatic heterocycles. The van der Waals surface area contributed by atoms with Gasteiger partial charge in [-0.1, -0.05) is 18.2 Å². The summed E-state index contributed by atoms with van der Waals surface area (Å²) >= 11 is -5.64. The SMILES string of the molecule is O=S(=O)(O[I+](c1ccccc1)C(F)(F)C(F)(F)F)C(F)(F)F. The van der Waals surface area contributed by atoms with E-state index in [1.165, 1.54) is 6.07 Å². The molecule has 13 heteroatoms. The Kier molecular flexibility index (Phi) is 5.34. The maximum absolute atomic E-state index is 13.4. The number of benzene rings is 1. The average molecular weight is 472 g/mol. The Bertz CT molecular complexity index is 610. The van der Waals surface area contributed by atoms with Crippen LogP contribution in [0.3, 0.4) is 0 Å². The van der Waals surface area contributed by atoms with E-state index >= 15 is 0 Å². The Balaban J connectivity index is 3.39. The number of alkyl halides is 9. The minimum Gasteiger partial charge on any atom is -0.186 e. The van der Waals surface area contributed by atoms with E-state index in [4.69, 9.17) is 0 Å². The minimum atomic E-state index is -6.60. The number of hydrogen-bond acceptors (Lipinski definition) is 3. The summed E-state index contributed by atoms with van der Waals surface area (Å²) in [6.07, 6.45) is -6.26. The monoisotopic (exact) mass is 472 g/mol. The van der Waals surface area contributed by atoms with Crippen LogP contribution >= 0.6 is 0 Å². The molecular formula is C9H5F8IO3S+. The third kappa shape index (κ3) is 3.98. The molecule has 0 bridgehead atoms. The molecule has 0 atom stereocenters. The molecule has 1 aromatic rings. The molecule has 0 spiro atoms. The Morgan fingerprint density at radius 3 is 1.68 bits per heavy atom. The van der Waals surface area contributed by atoms with Gasteiger partial charge in [0.1, 0.15) is 0 Å². The van der Waals surface area contributed by atoms with Crippen molar-refractivity contribution < 1.29 is 66.3 Å². The summed E-state index contributed by atoms with van der Waals surface area (Å²) in [5.41, 5.74) is -6.11. The van der Waals surface area contributed by atoms with Crippen molar-refractivity contribution in [3.8, 4) is 0 Å². The maximum atomic E-state index is 13.4. The fourth-order valence-electron chi connectivity index (χ4n) is 0.958. The zero-order valence-electron chi connectivity index (χ0n) is 9.92. The molecule has 1 aromatic carbocycles. The van der Waals surface area contributed by atoms with E-state index in [2.05, 4.69) is 2.51 Å². The molecule has 0 unspecified atom stereocenters. The molecule has 0 fully saturated rings. The Labute approximate surface area is 126 Å². The molecule has 0 amide bonds. The summed E-state index contributed by atoms with van der Waals surface area (Å²) in [5.74, 6) is 0. The Morgan fingerprint density at radius 1 is 0.864 bits per heavy atom. The highest BCUT2D eigenvalue weighted by atomic mass is 127. The van der Waals surface area contributed by atoms with Crippen molar-refractivity contribution in [1.29, 1.82) is 0 Å². The van der Waals surface area contributed by atoms with Crippen molar-refractivity contribution in [3.05, 3.63) is 33.9 Å². The zero-order valence-corrected chi connectivity index (χ0v) is 12.9. The summed E-state index contributed by atoms with van der Waals surface area (Å²) in [5, 5.41) is 0. The first-order valence-electron chi connectivity index (χ1n) is 4.91. The van der Waals surface area contributed by atoms with Crippen LogP contribution in [0.25, 0.3) is 0 Å². The Morgan fingerprint density at radius 2 is 1.32 bits per heavy atom. The molecule has 3 nitrogen and oxygen atoms in total. The quantitative estimate of drug-likeness (QED) is 0.276. The van der Waals surface area contributed by atoms with Crippen molar-refractivity contribution in [2.24, 2.45) is 0 Å². The van der Waals surface area contributed by atoms with Gasteiger partial charge < -0.3 is 0 Å². The normalized spacial score (nSPS) is 14.4. The van der Waals surface area contributed by atoms with Gasteiger partial charge >= 0.3 is 46.0 Å². The molecule has 22 heavy (non-hydrogen) atoms. The molecule has 127 valence electrons. The highest BCUT2D eigenvalue weighted by Gasteiger charge is 2.77. The van der Waals surface area contributed by atoms with E-state index in [-0.39, 0.29) is 0 Å². The lowest BCUT2D eigenvalue weighted by atomic mass is 10.4. The maximum Gasteiger partial charge on any atom is 0.533 e. The molecule has 1 rings (SSSR count). The van der Waals surface area contributed by atoms with E-state index < -0.39 is 49.5 Å². The van der Waals surface area contributed by atoms with Crippen LogP contribution in [0, 0.1) is 3.57 Å². The molecule has 0 saturated heterocycles. The molecule has 0 aliphatic carbocycles. The molecule has 0 aliphatic rings. The molecule has 1 radical (unpaired) electrons. The van der Waals surface area contributed by atoms with E-state index in [1.807, 2.05) is 0 Å². The molecule has 0 aliphatic heterocycles. The van der Waals surface area contributed by atoms with Crippen LogP contribution in [0.4, 0.5) is 35.1 Å². The van der Waals surface area contributed by atoms with E-state index in [1.54, 1.807) is 0 Å². The molecule has 0 heterocycles. The molecule has 0 N–H and O–H groups in total. The first-order valence-corrected chi connectivity index (χ1v) is 9.36. The largest absolute Gasteiger partial charge is 0.533 e. The van der Waals surface area contributed by atoms with Crippen molar-refractivity contribution in [2.75, 3.05) is 0 Å². The lowest BCUT2D eigenvalue weighted by Crippen LogP contribution is -3.90. The summed E-state index contributed by atoms with van der Waals surface area (Å²) in [4.78, 5) is 0. The second kappa shape index (κ2) is 6.07. The lowest BCUT2D eigenvalue weighted by Gasteiger charge is -2.17. The topological polar surface area (TPSA) is 43.4 Å². The first kappa shape index (κ1) is 19.3. The van der Waals surface area contributed by atoms with Crippen LogP contribution in [-0.4, -0.2) is 24.0 Å². The minimum absolute atomic E-state index is 0.649. The van der Waals surface area contributed by atoms with Crippen molar-refractivity contribution in [1.82, 2.24) is 0 Å². The summed E-state index contributed by atoms with van der Waals surface area (Å²) in [6.45, 7) is 0. The Hall–Kier alpha value is -0.700. The fraction of sp³-hybridized carbons (Fsp3) is 0.333. The highest BCUT2D eigenvalue weighted by molar-refractivity contribution is 7.87. The third-order valence-corrected chi connectivity index (χ3v) is 8.95. The summed E-state index contributed by atoms with van der Waals surface area (Å²) < 4.78 is 119. The van der Waals surface area contributed by atoms with Crippen LogP contribution in [0.1, 0.15) is 0 Å². The fourth-order valence-corrected chi connectivity index (χ4v) is 7.09. The predicted molar refractivity (Wildman–Crippen MR) is 52.2 cm³/mol. The molecular weight excluding hydrogens is 467 g/mol. The van der Waals surface area contributed by atoms with Gasteiger partial charge in [0, 0.05) is 0 Å². The van der Waals surface area contributed by atoms with Gasteiger partial charge in [0.25, 0.3) is 0 Å². The predicted octanol–water partition coefficient (Wildman–Crippen LogP) is 0.417. The smallest absolute Gasteiger partial charge is 0.186 e. The third-order valence-electron chi connectivity index (χ3n) is 1.90. The second-order valence-electron chi connectivity index (χ2n) is 3.50. The van der Waals surface area contributed by atoms with Gasteiger partial charge in [-0.3, -0.25) is 0 Å². The van der Waals surface area contributed by atoms with Gasteiger partial charge in [0.15, 0.2) is 3.57 Å². The number of hydrogen-bond donors (Lipinski definition) is 0. The van der Waals surface area contributed by atoms with E-state index in [0.717, 1.165) is 12.1 Å². The van der Waals surface area contributed by atoms with Gasteiger partial charge in [-0.2, -0.15) is 34.8 Å². The lowest BCUT2D eigenvalue weighted by molar-refractivity contribution is -1.13. The number of rotatable bonds is 4. The van der Waals surface area contributed by atoms with Crippen LogP contribution < -0.4 is 20.2 Å². The van der Waals surface area contributed by atoms with Crippen LogP contribution in [0.2, 0.25) is 0 Å².